The van der Waals surface area contributed by atoms with Gasteiger partial charge < -0.3 is 14.7 Å². The Labute approximate surface area is 118 Å². The summed E-state index contributed by atoms with van der Waals surface area (Å²) in [4.78, 5) is 37.0. The van der Waals surface area contributed by atoms with Crippen molar-refractivity contribution in [3.05, 3.63) is 57.5 Å². The van der Waals surface area contributed by atoms with E-state index in [9.17, 15) is 19.7 Å². The van der Waals surface area contributed by atoms with Crippen LogP contribution in [0.4, 0.5) is 5.82 Å². The number of nitrogens with zero attached hydrogens (tertiary/aromatic N) is 3. The van der Waals surface area contributed by atoms with Gasteiger partial charge in [-0.2, -0.15) is 0 Å². The lowest BCUT2D eigenvalue weighted by atomic mass is 10.0. The zero-order chi connectivity index (χ0) is 15.0. The van der Waals surface area contributed by atoms with E-state index in [4.69, 9.17) is 0 Å². The van der Waals surface area contributed by atoms with Gasteiger partial charge in [-0.05, 0) is 28.0 Å². The fourth-order valence-corrected chi connectivity index (χ4v) is 2.31. The van der Waals surface area contributed by atoms with Crippen LogP contribution in [0.5, 0.6) is 0 Å². The molecule has 3 rings (SSSR count). The van der Waals surface area contributed by atoms with Crippen molar-refractivity contribution in [3.63, 3.8) is 0 Å². The molecule has 1 aliphatic rings. The minimum absolute atomic E-state index is 0.221. The van der Waals surface area contributed by atoms with Gasteiger partial charge in [-0.25, -0.2) is 0 Å². The second kappa shape index (κ2) is 4.82. The van der Waals surface area contributed by atoms with Gasteiger partial charge in [-0.3, -0.25) is 14.9 Å². The standard InChI is InChI=1S/C13H10N4O4/c18-12-9-3-1-2-8(11(9)13(19)15-12)4-5-16-6-10(14-7-16)17(20)21/h1-3,6-7H,4-5H2,(H,15,18,19). The lowest BCUT2D eigenvalue weighted by molar-refractivity contribution is -0.389. The summed E-state index contributed by atoms with van der Waals surface area (Å²) in [5.74, 6) is -1.02. The highest BCUT2D eigenvalue weighted by molar-refractivity contribution is 6.22. The number of aromatic nitrogens is 2. The molecule has 0 saturated carbocycles. The summed E-state index contributed by atoms with van der Waals surface area (Å²) in [7, 11) is 0. The molecule has 0 radical (unpaired) electrons. The number of fused-ring (bicyclic) bond motifs is 1. The smallest absolute Gasteiger partial charge is 0.358 e. The van der Waals surface area contributed by atoms with E-state index in [0.29, 0.717) is 24.1 Å². The molecule has 0 fully saturated rings. The van der Waals surface area contributed by atoms with E-state index in [1.807, 2.05) is 0 Å². The van der Waals surface area contributed by atoms with Crippen LogP contribution in [0.1, 0.15) is 26.3 Å². The second-order valence-electron chi connectivity index (χ2n) is 4.60. The summed E-state index contributed by atoms with van der Waals surface area (Å²) in [6, 6.07) is 5.08. The van der Waals surface area contributed by atoms with Crippen LogP contribution >= 0.6 is 0 Å². The third-order valence-corrected chi connectivity index (χ3v) is 3.30. The van der Waals surface area contributed by atoms with Crippen LogP contribution in [0, 0.1) is 10.1 Å². The summed E-state index contributed by atoms with van der Waals surface area (Å²) >= 11 is 0. The predicted molar refractivity (Wildman–Crippen MR) is 70.8 cm³/mol. The fourth-order valence-electron chi connectivity index (χ4n) is 2.31. The van der Waals surface area contributed by atoms with Crippen molar-refractivity contribution in [3.8, 4) is 0 Å². The third-order valence-electron chi connectivity index (χ3n) is 3.30. The second-order valence-corrected chi connectivity index (χ2v) is 4.60. The van der Waals surface area contributed by atoms with Crippen LogP contribution in [-0.4, -0.2) is 26.3 Å². The van der Waals surface area contributed by atoms with E-state index in [1.54, 1.807) is 22.8 Å². The number of aryl methyl sites for hydroxylation is 2. The normalized spacial score (nSPS) is 13.1. The Balaban J connectivity index is 1.81. The summed E-state index contributed by atoms with van der Waals surface area (Å²) in [6.45, 7) is 0.429. The molecule has 0 spiro atoms. The number of hydrogen-bond acceptors (Lipinski definition) is 5. The molecule has 2 heterocycles. The molecule has 0 saturated heterocycles. The number of hydrogen-bond donors (Lipinski definition) is 1. The number of amides is 2. The number of carbonyl (C=O) groups excluding carboxylic acids is 2. The average molecular weight is 286 g/mol. The molecule has 0 bridgehead atoms. The van der Waals surface area contributed by atoms with E-state index >= 15 is 0 Å². The third kappa shape index (κ3) is 2.27. The number of benzene rings is 1. The zero-order valence-electron chi connectivity index (χ0n) is 10.8. The van der Waals surface area contributed by atoms with Crippen LogP contribution in [0.25, 0.3) is 0 Å². The lowest BCUT2D eigenvalue weighted by Gasteiger charge is -2.05. The molecule has 106 valence electrons. The Morgan fingerprint density at radius 1 is 1.29 bits per heavy atom. The molecule has 1 N–H and O–H groups in total. The number of imidazole rings is 1. The van der Waals surface area contributed by atoms with Crippen molar-refractivity contribution in [2.45, 2.75) is 13.0 Å². The molecule has 1 aromatic heterocycles. The first-order valence-corrected chi connectivity index (χ1v) is 6.20. The lowest BCUT2D eigenvalue weighted by Crippen LogP contribution is -2.20. The van der Waals surface area contributed by atoms with Crippen LogP contribution in [0.2, 0.25) is 0 Å². The number of carbonyl (C=O) groups is 2. The number of imide groups is 1. The zero-order valence-corrected chi connectivity index (χ0v) is 10.8. The molecule has 2 aromatic rings. The maximum atomic E-state index is 11.8. The minimum Gasteiger partial charge on any atom is -0.358 e. The molecule has 1 aromatic carbocycles. The van der Waals surface area contributed by atoms with Gasteiger partial charge in [0.05, 0.1) is 11.1 Å². The molecule has 0 unspecified atom stereocenters. The summed E-state index contributed by atoms with van der Waals surface area (Å²) in [6.07, 6.45) is 3.16. The SMILES string of the molecule is O=C1NC(=O)c2c(CCn3cnc([N+](=O)[O-])c3)cccc21. The van der Waals surface area contributed by atoms with Gasteiger partial charge in [0.2, 0.25) is 6.33 Å². The van der Waals surface area contributed by atoms with Gasteiger partial charge in [0.25, 0.3) is 11.8 Å². The highest BCUT2D eigenvalue weighted by atomic mass is 16.6. The van der Waals surface area contributed by atoms with Gasteiger partial charge in [-0.15, -0.1) is 0 Å². The van der Waals surface area contributed by atoms with E-state index in [2.05, 4.69) is 10.3 Å². The molecule has 1 aliphatic heterocycles. The largest absolute Gasteiger partial charge is 0.381 e. The van der Waals surface area contributed by atoms with Gasteiger partial charge in [-0.1, -0.05) is 12.1 Å². The maximum absolute atomic E-state index is 11.8. The van der Waals surface area contributed by atoms with E-state index in [0.717, 1.165) is 5.56 Å². The van der Waals surface area contributed by atoms with Crippen molar-refractivity contribution in [1.29, 1.82) is 0 Å². The summed E-state index contributed by atoms with van der Waals surface area (Å²) in [5, 5.41) is 12.8. The van der Waals surface area contributed by atoms with E-state index in [-0.39, 0.29) is 5.82 Å². The van der Waals surface area contributed by atoms with Crippen molar-refractivity contribution >= 4 is 17.6 Å². The van der Waals surface area contributed by atoms with Gasteiger partial charge >= 0.3 is 5.82 Å². The Morgan fingerprint density at radius 2 is 2.10 bits per heavy atom. The molecule has 0 atom stereocenters. The van der Waals surface area contributed by atoms with Crippen molar-refractivity contribution in [2.24, 2.45) is 0 Å². The topological polar surface area (TPSA) is 107 Å². The van der Waals surface area contributed by atoms with Crippen LogP contribution in [0.3, 0.4) is 0 Å². The van der Waals surface area contributed by atoms with Gasteiger partial charge in [0, 0.05) is 6.54 Å². The quantitative estimate of drug-likeness (QED) is 0.511. The minimum atomic E-state index is -0.567. The van der Waals surface area contributed by atoms with E-state index < -0.39 is 16.7 Å². The Kier molecular flexibility index (Phi) is 2.98. The first kappa shape index (κ1) is 13.0. The van der Waals surface area contributed by atoms with Crippen LogP contribution in [0.15, 0.2) is 30.7 Å². The van der Waals surface area contributed by atoms with Crippen molar-refractivity contribution in [1.82, 2.24) is 14.9 Å². The number of rotatable bonds is 4. The highest BCUT2D eigenvalue weighted by Crippen LogP contribution is 2.21. The Morgan fingerprint density at radius 3 is 2.81 bits per heavy atom. The van der Waals surface area contributed by atoms with Crippen LogP contribution in [-0.2, 0) is 13.0 Å². The fraction of sp³-hybridized carbons (Fsp3) is 0.154. The van der Waals surface area contributed by atoms with E-state index in [1.165, 1.54) is 12.5 Å². The number of nitro groups is 1. The van der Waals surface area contributed by atoms with Crippen molar-refractivity contribution < 1.29 is 14.5 Å². The monoisotopic (exact) mass is 286 g/mol. The maximum Gasteiger partial charge on any atom is 0.381 e. The number of nitrogens with one attached hydrogen (secondary N) is 1. The predicted octanol–water partition coefficient (Wildman–Crippen LogP) is 0.918. The summed E-state index contributed by atoms with van der Waals surface area (Å²) < 4.78 is 1.58. The Bertz CT molecular complexity index is 765. The first-order chi connectivity index (χ1) is 10.1. The van der Waals surface area contributed by atoms with Crippen LogP contribution < -0.4 is 5.32 Å². The average Bonchev–Trinajstić information content (AvgIpc) is 3.03. The molecule has 0 aliphatic carbocycles. The molecular weight excluding hydrogens is 276 g/mol. The molecular formula is C13H10N4O4. The Hall–Kier alpha value is -3.03. The highest BCUT2D eigenvalue weighted by Gasteiger charge is 2.28. The summed E-state index contributed by atoms with van der Waals surface area (Å²) in [5.41, 5.74) is 1.48. The first-order valence-electron chi connectivity index (χ1n) is 6.20. The molecule has 2 amide bonds. The van der Waals surface area contributed by atoms with Crippen molar-refractivity contribution in [2.75, 3.05) is 0 Å². The molecule has 21 heavy (non-hydrogen) atoms. The van der Waals surface area contributed by atoms with Gasteiger partial charge in [0.15, 0.2) is 0 Å². The molecule has 8 nitrogen and oxygen atoms in total. The molecule has 8 heteroatoms. The van der Waals surface area contributed by atoms with Gasteiger partial charge in [0.1, 0.15) is 6.20 Å².